The molecule has 1 aromatic heterocycles. The van der Waals surface area contributed by atoms with Crippen LogP contribution < -0.4 is 11.3 Å². The molecule has 0 unspecified atom stereocenters. The topological polar surface area (TPSA) is 85.8 Å². The molecular weight excluding hydrogens is 298 g/mol. The second-order valence-electron chi connectivity index (χ2n) is 3.74. The number of amides is 1. The van der Waals surface area contributed by atoms with E-state index in [2.05, 4.69) is 26.0 Å². The van der Waals surface area contributed by atoms with Crippen LogP contribution in [0.5, 0.6) is 0 Å². The van der Waals surface area contributed by atoms with Gasteiger partial charge in [0.1, 0.15) is 5.82 Å². The molecule has 3 N–H and O–H groups in total. The summed E-state index contributed by atoms with van der Waals surface area (Å²) in [5, 5.41) is 4.10. The van der Waals surface area contributed by atoms with E-state index in [9.17, 15) is 4.79 Å². The van der Waals surface area contributed by atoms with Gasteiger partial charge in [0.2, 0.25) is 5.82 Å². The van der Waals surface area contributed by atoms with E-state index in [1.165, 1.54) is 0 Å². The van der Waals surface area contributed by atoms with Gasteiger partial charge in [0.15, 0.2) is 0 Å². The average Bonchev–Trinajstić information content (AvgIpc) is 2.70. The van der Waals surface area contributed by atoms with Crippen molar-refractivity contribution in [2.75, 3.05) is 0 Å². The van der Waals surface area contributed by atoms with Crippen LogP contribution in [0.15, 0.2) is 28.7 Å². The Labute approximate surface area is 112 Å². The van der Waals surface area contributed by atoms with Crippen molar-refractivity contribution in [3.63, 3.8) is 0 Å². The van der Waals surface area contributed by atoms with Gasteiger partial charge in [-0.1, -0.05) is 28.1 Å². The number of aromatic nitrogens is 3. The fourth-order valence-electron chi connectivity index (χ4n) is 1.54. The zero-order chi connectivity index (χ0) is 13.1. The van der Waals surface area contributed by atoms with Gasteiger partial charge in [0, 0.05) is 4.47 Å². The summed E-state index contributed by atoms with van der Waals surface area (Å²) in [5.41, 5.74) is 3.08. The Kier molecular flexibility index (Phi) is 3.73. The first-order valence-electron chi connectivity index (χ1n) is 5.27. The standard InChI is InChI=1S/C11H12BrN5O/c1-7-14-10(11(18)15-13)16-17(7)6-8-3-2-4-9(12)5-8/h2-5H,6,13H2,1H3,(H,15,18). The molecule has 0 aliphatic carbocycles. The fourth-order valence-corrected chi connectivity index (χ4v) is 1.99. The Balaban J connectivity index is 2.24. The Morgan fingerprint density at radius 3 is 3.00 bits per heavy atom. The van der Waals surface area contributed by atoms with Gasteiger partial charge in [-0.15, -0.1) is 5.10 Å². The van der Waals surface area contributed by atoms with Gasteiger partial charge < -0.3 is 0 Å². The van der Waals surface area contributed by atoms with Crippen molar-refractivity contribution in [2.45, 2.75) is 13.5 Å². The van der Waals surface area contributed by atoms with E-state index in [4.69, 9.17) is 5.84 Å². The first-order valence-corrected chi connectivity index (χ1v) is 6.06. The Morgan fingerprint density at radius 2 is 2.33 bits per heavy atom. The van der Waals surface area contributed by atoms with Crippen molar-refractivity contribution in [2.24, 2.45) is 5.84 Å². The largest absolute Gasteiger partial charge is 0.304 e. The molecule has 1 heterocycles. The van der Waals surface area contributed by atoms with Gasteiger partial charge in [-0.25, -0.2) is 15.5 Å². The van der Waals surface area contributed by atoms with Crippen molar-refractivity contribution in [1.29, 1.82) is 0 Å². The van der Waals surface area contributed by atoms with E-state index >= 15 is 0 Å². The molecule has 0 bridgehead atoms. The molecule has 7 heteroatoms. The summed E-state index contributed by atoms with van der Waals surface area (Å²) in [6, 6.07) is 7.86. The van der Waals surface area contributed by atoms with E-state index in [-0.39, 0.29) is 5.82 Å². The molecule has 2 rings (SSSR count). The van der Waals surface area contributed by atoms with E-state index < -0.39 is 5.91 Å². The molecule has 18 heavy (non-hydrogen) atoms. The van der Waals surface area contributed by atoms with Crippen molar-refractivity contribution in [3.05, 3.63) is 46.0 Å². The first-order chi connectivity index (χ1) is 8.60. The Hall–Kier alpha value is -1.73. The number of nitrogens with one attached hydrogen (secondary N) is 1. The second kappa shape index (κ2) is 5.28. The van der Waals surface area contributed by atoms with Crippen molar-refractivity contribution in [3.8, 4) is 0 Å². The minimum atomic E-state index is -0.494. The molecule has 1 aromatic carbocycles. The highest BCUT2D eigenvalue weighted by atomic mass is 79.9. The van der Waals surface area contributed by atoms with Crippen LogP contribution >= 0.6 is 15.9 Å². The predicted octanol–water partition coefficient (Wildman–Crippen LogP) is 1.00. The molecule has 0 saturated heterocycles. The molecule has 6 nitrogen and oxygen atoms in total. The minimum absolute atomic E-state index is 0.0741. The molecule has 0 atom stereocenters. The van der Waals surface area contributed by atoms with Gasteiger partial charge in [-0.3, -0.25) is 10.2 Å². The normalized spacial score (nSPS) is 10.4. The third-order valence-electron chi connectivity index (χ3n) is 2.41. The monoisotopic (exact) mass is 309 g/mol. The number of nitrogens with two attached hydrogens (primary N) is 1. The summed E-state index contributed by atoms with van der Waals surface area (Å²) in [7, 11) is 0. The highest BCUT2D eigenvalue weighted by Crippen LogP contribution is 2.13. The molecule has 0 spiro atoms. The van der Waals surface area contributed by atoms with Crippen LogP contribution in [0, 0.1) is 6.92 Å². The average molecular weight is 310 g/mol. The van der Waals surface area contributed by atoms with Crippen LogP contribution in [0.25, 0.3) is 0 Å². The molecule has 0 saturated carbocycles. The maximum absolute atomic E-state index is 11.3. The minimum Gasteiger partial charge on any atom is -0.287 e. The number of halogens is 1. The van der Waals surface area contributed by atoms with Gasteiger partial charge >= 0.3 is 5.91 Å². The lowest BCUT2D eigenvalue weighted by Gasteiger charge is -2.03. The number of aryl methyl sites for hydroxylation is 1. The zero-order valence-electron chi connectivity index (χ0n) is 9.72. The number of hydrogen-bond acceptors (Lipinski definition) is 4. The summed E-state index contributed by atoms with van der Waals surface area (Å²) >= 11 is 3.41. The molecule has 0 aliphatic heterocycles. The summed E-state index contributed by atoms with van der Waals surface area (Å²) in [5.74, 6) is 5.28. The third-order valence-corrected chi connectivity index (χ3v) is 2.91. The van der Waals surface area contributed by atoms with Crippen LogP contribution in [-0.2, 0) is 6.54 Å². The number of rotatable bonds is 3. The van der Waals surface area contributed by atoms with Gasteiger partial charge in [-0.2, -0.15) is 0 Å². The van der Waals surface area contributed by atoms with Crippen LogP contribution in [-0.4, -0.2) is 20.7 Å². The smallest absolute Gasteiger partial charge is 0.287 e. The molecular formula is C11H12BrN5O. The fraction of sp³-hybridized carbons (Fsp3) is 0.182. The summed E-state index contributed by atoms with van der Waals surface area (Å²) in [4.78, 5) is 15.4. The number of carbonyl (C=O) groups excluding carboxylic acids is 1. The van der Waals surface area contributed by atoms with Gasteiger partial charge in [-0.05, 0) is 24.6 Å². The number of nitrogens with zero attached hydrogens (tertiary/aromatic N) is 3. The Morgan fingerprint density at radius 1 is 1.56 bits per heavy atom. The van der Waals surface area contributed by atoms with Gasteiger partial charge in [0.25, 0.3) is 0 Å². The number of hydrogen-bond donors (Lipinski definition) is 2. The summed E-state index contributed by atoms with van der Waals surface area (Å²) < 4.78 is 2.66. The van der Waals surface area contributed by atoms with Gasteiger partial charge in [0.05, 0.1) is 6.54 Å². The maximum Gasteiger partial charge on any atom is 0.304 e. The predicted molar refractivity (Wildman–Crippen MR) is 69.7 cm³/mol. The molecule has 2 aromatic rings. The molecule has 0 radical (unpaired) electrons. The quantitative estimate of drug-likeness (QED) is 0.503. The SMILES string of the molecule is Cc1nc(C(=O)NN)nn1Cc1cccc(Br)c1. The third kappa shape index (κ3) is 2.74. The van der Waals surface area contributed by atoms with E-state index in [0.29, 0.717) is 12.4 Å². The highest BCUT2D eigenvalue weighted by molar-refractivity contribution is 9.10. The van der Waals surface area contributed by atoms with Crippen molar-refractivity contribution in [1.82, 2.24) is 20.2 Å². The van der Waals surface area contributed by atoms with E-state index in [1.807, 2.05) is 29.7 Å². The number of benzene rings is 1. The second-order valence-corrected chi connectivity index (χ2v) is 4.66. The molecule has 0 fully saturated rings. The highest BCUT2D eigenvalue weighted by Gasteiger charge is 2.12. The molecule has 0 aliphatic rings. The van der Waals surface area contributed by atoms with Crippen LogP contribution in [0.3, 0.4) is 0 Å². The first kappa shape index (κ1) is 12.7. The number of nitrogen functional groups attached to an aromatic ring is 1. The van der Waals surface area contributed by atoms with E-state index in [0.717, 1.165) is 10.0 Å². The number of hydrazine groups is 1. The zero-order valence-corrected chi connectivity index (χ0v) is 11.3. The summed E-state index contributed by atoms with van der Waals surface area (Å²) in [6.07, 6.45) is 0. The molecule has 1 amide bonds. The lowest BCUT2D eigenvalue weighted by atomic mass is 10.2. The Bertz CT molecular complexity index is 581. The lowest BCUT2D eigenvalue weighted by molar-refractivity contribution is 0.0943. The van der Waals surface area contributed by atoms with Crippen LogP contribution in [0.4, 0.5) is 0 Å². The molecule has 94 valence electrons. The lowest BCUT2D eigenvalue weighted by Crippen LogP contribution is -2.31. The maximum atomic E-state index is 11.3. The number of carbonyl (C=O) groups is 1. The van der Waals surface area contributed by atoms with Crippen molar-refractivity contribution < 1.29 is 4.79 Å². The van der Waals surface area contributed by atoms with Crippen molar-refractivity contribution >= 4 is 21.8 Å². The summed E-state index contributed by atoms with van der Waals surface area (Å²) in [6.45, 7) is 2.34. The van der Waals surface area contributed by atoms with E-state index in [1.54, 1.807) is 11.6 Å². The van der Waals surface area contributed by atoms with Crippen LogP contribution in [0.1, 0.15) is 22.0 Å². The van der Waals surface area contributed by atoms with Crippen LogP contribution in [0.2, 0.25) is 0 Å².